The van der Waals surface area contributed by atoms with Gasteiger partial charge in [0, 0.05) is 19.3 Å². The summed E-state index contributed by atoms with van der Waals surface area (Å²) in [5.41, 5.74) is 7.93. The fourth-order valence-electron chi connectivity index (χ4n) is 2.22. The molecule has 1 saturated heterocycles. The highest BCUT2D eigenvalue weighted by atomic mass is 16.5. The lowest BCUT2D eigenvalue weighted by atomic mass is 10.3. The van der Waals surface area contributed by atoms with Crippen LogP contribution in [0.1, 0.15) is 5.69 Å². The number of nitrogens with zero attached hydrogens (tertiary/aromatic N) is 4. The molecule has 6 heteroatoms. The molecule has 0 radical (unpaired) electrons. The van der Waals surface area contributed by atoms with Crippen LogP contribution in [0.4, 0.5) is 0 Å². The van der Waals surface area contributed by atoms with E-state index in [1.807, 2.05) is 52.2 Å². The molecule has 2 aromatic rings. The molecule has 6 nitrogen and oxygen atoms in total. The number of benzene rings is 1. The average molecular weight is 285 g/mol. The molecule has 1 aromatic carbocycles. The highest BCUT2D eigenvalue weighted by molar-refractivity contribution is 5.78. The van der Waals surface area contributed by atoms with Gasteiger partial charge in [0.15, 0.2) is 5.96 Å². The van der Waals surface area contributed by atoms with Crippen LogP contribution in [-0.4, -0.2) is 46.9 Å². The van der Waals surface area contributed by atoms with Crippen LogP contribution in [-0.2, 0) is 11.3 Å². The lowest BCUT2D eigenvalue weighted by Crippen LogP contribution is -2.44. The van der Waals surface area contributed by atoms with E-state index in [1.165, 1.54) is 0 Å². The first-order chi connectivity index (χ1) is 10.3. The molecule has 0 spiro atoms. The van der Waals surface area contributed by atoms with Gasteiger partial charge in [0.25, 0.3) is 0 Å². The van der Waals surface area contributed by atoms with Crippen molar-refractivity contribution in [2.45, 2.75) is 6.54 Å². The minimum Gasteiger partial charge on any atom is -0.378 e. The molecule has 0 unspecified atom stereocenters. The van der Waals surface area contributed by atoms with Crippen molar-refractivity contribution in [1.82, 2.24) is 14.7 Å². The van der Waals surface area contributed by atoms with Crippen molar-refractivity contribution in [2.75, 3.05) is 26.3 Å². The fourth-order valence-corrected chi connectivity index (χ4v) is 2.22. The lowest BCUT2D eigenvalue weighted by molar-refractivity contribution is 0.0674. The Kier molecular flexibility index (Phi) is 4.16. The maximum atomic E-state index is 6.00. The molecular weight excluding hydrogens is 266 g/mol. The van der Waals surface area contributed by atoms with Gasteiger partial charge >= 0.3 is 0 Å². The summed E-state index contributed by atoms with van der Waals surface area (Å²) in [5.74, 6) is 0.563. The molecule has 0 amide bonds. The van der Waals surface area contributed by atoms with Gasteiger partial charge in [-0.05, 0) is 18.2 Å². The first-order valence-electron chi connectivity index (χ1n) is 7.05. The Morgan fingerprint density at radius 2 is 1.95 bits per heavy atom. The predicted octanol–water partition coefficient (Wildman–Crippen LogP) is 1.02. The van der Waals surface area contributed by atoms with Crippen LogP contribution < -0.4 is 5.73 Å². The fraction of sp³-hybridized carbons (Fsp3) is 0.333. The molecule has 2 N–H and O–H groups in total. The summed E-state index contributed by atoms with van der Waals surface area (Å²) in [6, 6.07) is 12.0. The van der Waals surface area contributed by atoms with E-state index in [1.54, 1.807) is 0 Å². The molecule has 1 aliphatic heterocycles. The number of aliphatic imine (C=N–C) groups is 1. The molecule has 0 bridgehead atoms. The van der Waals surface area contributed by atoms with Gasteiger partial charge < -0.3 is 15.4 Å². The molecule has 1 aliphatic rings. The zero-order valence-electron chi connectivity index (χ0n) is 11.9. The Hall–Kier alpha value is -2.34. The third kappa shape index (κ3) is 3.41. The van der Waals surface area contributed by atoms with Gasteiger partial charge in [-0.15, -0.1) is 0 Å². The predicted molar refractivity (Wildman–Crippen MR) is 81.3 cm³/mol. The number of hydrogen-bond acceptors (Lipinski definition) is 3. The lowest BCUT2D eigenvalue weighted by Gasteiger charge is -2.27. The van der Waals surface area contributed by atoms with Gasteiger partial charge in [0.1, 0.15) is 0 Å². The van der Waals surface area contributed by atoms with Gasteiger partial charge in [0.2, 0.25) is 0 Å². The number of guanidine groups is 1. The van der Waals surface area contributed by atoms with Crippen molar-refractivity contribution in [3.8, 4) is 5.69 Å². The molecule has 21 heavy (non-hydrogen) atoms. The Bertz CT molecular complexity index is 602. The highest BCUT2D eigenvalue weighted by Crippen LogP contribution is 2.07. The number of ether oxygens (including phenoxy) is 1. The van der Waals surface area contributed by atoms with Crippen molar-refractivity contribution >= 4 is 5.96 Å². The van der Waals surface area contributed by atoms with E-state index in [0.717, 1.165) is 24.5 Å². The van der Waals surface area contributed by atoms with E-state index in [0.29, 0.717) is 25.7 Å². The molecule has 0 saturated carbocycles. The molecule has 1 aromatic heterocycles. The molecule has 0 aliphatic carbocycles. The smallest absolute Gasteiger partial charge is 0.191 e. The van der Waals surface area contributed by atoms with Gasteiger partial charge in [-0.2, -0.15) is 5.10 Å². The monoisotopic (exact) mass is 285 g/mol. The van der Waals surface area contributed by atoms with Crippen molar-refractivity contribution in [3.05, 3.63) is 48.3 Å². The second-order valence-corrected chi connectivity index (χ2v) is 4.86. The number of morpholine rings is 1. The van der Waals surface area contributed by atoms with Crippen LogP contribution in [0, 0.1) is 0 Å². The zero-order chi connectivity index (χ0) is 14.5. The molecule has 3 rings (SSSR count). The Labute approximate surface area is 123 Å². The zero-order valence-corrected chi connectivity index (χ0v) is 11.9. The van der Waals surface area contributed by atoms with Crippen LogP contribution in [0.25, 0.3) is 5.69 Å². The maximum Gasteiger partial charge on any atom is 0.191 e. The van der Waals surface area contributed by atoms with Gasteiger partial charge in [-0.25, -0.2) is 9.67 Å². The second-order valence-electron chi connectivity index (χ2n) is 4.86. The van der Waals surface area contributed by atoms with E-state index in [9.17, 15) is 0 Å². The van der Waals surface area contributed by atoms with E-state index in [4.69, 9.17) is 10.5 Å². The van der Waals surface area contributed by atoms with E-state index >= 15 is 0 Å². The maximum absolute atomic E-state index is 6.00. The summed E-state index contributed by atoms with van der Waals surface area (Å²) >= 11 is 0. The number of hydrogen-bond donors (Lipinski definition) is 1. The summed E-state index contributed by atoms with van der Waals surface area (Å²) < 4.78 is 7.14. The Balaban J connectivity index is 1.64. The van der Waals surface area contributed by atoms with Crippen LogP contribution >= 0.6 is 0 Å². The third-order valence-corrected chi connectivity index (χ3v) is 3.40. The summed E-state index contributed by atoms with van der Waals surface area (Å²) in [5, 5.41) is 4.51. The molecule has 2 heterocycles. The Morgan fingerprint density at radius 3 is 2.71 bits per heavy atom. The molecular formula is C15H19N5O. The van der Waals surface area contributed by atoms with Gasteiger partial charge in [0.05, 0.1) is 31.1 Å². The van der Waals surface area contributed by atoms with E-state index in [2.05, 4.69) is 10.1 Å². The van der Waals surface area contributed by atoms with Crippen molar-refractivity contribution in [3.63, 3.8) is 0 Å². The number of aromatic nitrogens is 2. The minimum atomic E-state index is 0.489. The first kappa shape index (κ1) is 13.6. The van der Waals surface area contributed by atoms with Gasteiger partial charge in [-0.3, -0.25) is 0 Å². The van der Waals surface area contributed by atoms with Crippen LogP contribution in [0.2, 0.25) is 0 Å². The average Bonchev–Trinajstić information content (AvgIpc) is 3.03. The van der Waals surface area contributed by atoms with Crippen LogP contribution in [0.15, 0.2) is 47.6 Å². The quantitative estimate of drug-likeness (QED) is 0.675. The number of nitrogens with two attached hydrogens (primary N) is 1. The van der Waals surface area contributed by atoms with E-state index < -0.39 is 0 Å². The summed E-state index contributed by atoms with van der Waals surface area (Å²) in [7, 11) is 0. The van der Waals surface area contributed by atoms with E-state index in [-0.39, 0.29) is 0 Å². The SMILES string of the molecule is NC(=NCc1ccn(-c2ccccc2)n1)N1CCOCC1. The number of para-hydroxylation sites is 1. The summed E-state index contributed by atoms with van der Waals surface area (Å²) in [4.78, 5) is 6.45. The van der Waals surface area contributed by atoms with Gasteiger partial charge in [-0.1, -0.05) is 18.2 Å². The second kappa shape index (κ2) is 6.41. The molecule has 0 atom stereocenters. The summed E-state index contributed by atoms with van der Waals surface area (Å²) in [6.45, 7) is 3.50. The first-order valence-corrected chi connectivity index (χ1v) is 7.05. The van der Waals surface area contributed by atoms with Crippen LogP contribution in [0.3, 0.4) is 0 Å². The molecule has 110 valence electrons. The van der Waals surface area contributed by atoms with Crippen molar-refractivity contribution in [2.24, 2.45) is 10.7 Å². The number of rotatable bonds is 3. The third-order valence-electron chi connectivity index (χ3n) is 3.40. The van der Waals surface area contributed by atoms with Crippen LogP contribution in [0.5, 0.6) is 0 Å². The molecule has 1 fully saturated rings. The topological polar surface area (TPSA) is 68.7 Å². The van der Waals surface area contributed by atoms with Crippen molar-refractivity contribution < 1.29 is 4.74 Å². The minimum absolute atomic E-state index is 0.489. The highest BCUT2D eigenvalue weighted by Gasteiger charge is 2.12. The normalized spacial score (nSPS) is 16.2. The largest absolute Gasteiger partial charge is 0.378 e. The Morgan fingerprint density at radius 1 is 1.19 bits per heavy atom. The van der Waals surface area contributed by atoms with Crippen molar-refractivity contribution in [1.29, 1.82) is 0 Å². The standard InChI is InChI=1S/C15H19N5O/c16-15(19-8-10-21-11-9-19)17-12-13-6-7-20(18-13)14-4-2-1-3-5-14/h1-7H,8-12H2,(H2,16,17). The summed E-state index contributed by atoms with van der Waals surface area (Å²) in [6.07, 6.45) is 1.94.